The lowest BCUT2D eigenvalue weighted by Gasteiger charge is -2.07. The smallest absolute Gasteiger partial charge is 0.325 e. The summed E-state index contributed by atoms with van der Waals surface area (Å²) < 4.78 is 30.5. The van der Waals surface area contributed by atoms with Crippen molar-refractivity contribution in [3.05, 3.63) is 70.2 Å². The van der Waals surface area contributed by atoms with Gasteiger partial charge in [0.15, 0.2) is 24.0 Å². The highest BCUT2D eigenvalue weighted by Gasteiger charge is 2.13. The molecule has 0 aliphatic rings. The van der Waals surface area contributed by atoms with Crippen LogP contribution in [0.4, 0.5) is 8.78 Å². The number of benzene rings is 2. The molecule has 2 aromatic carbocycles. The zero-order valence-corrected chi connectivity index (χ0v) is 13.5. The van der Waals surface area contributed by atoms with Crippen LogP contribution in [-0.4, -0.2) is 30.8 Å². The molecule has 130 valence electrons. The van der Waals surface area contributed by atoms with E-state index in [1.54, 1.807) is 0 Å². The van der Waals surface area contributed by atoms with Crippen LogP contribution in [0.2, 0.25) is 5.02 Å². The van der Waals surface area contributed by atoms with E-state index in [1.165, 1.54) is 24.3 Å². The molecule has 0 heterocycles. The molecule has 0 unspecified atom stereocenters. The molecule has 1 N–H and O–H groups in total. The van der Waals surface area contributed by atoms with E-state index in [-0.39, 0.29) is 5.56 Å². The Labute approximate surface area is 146 Å². The average Bonchev–Trinajstić information content (AvgIpc) is 2.60. The fraction of sp³-hybridized carbons (Fsp3) is 0.118. The number of hydrogen-bond donors (Lipinski definition) is 1. The number of esters is 1. The maximum atomic E-state index is 13.0. The van der Waals surface area contributed by atoms with E-state index in [9.17, 15) is 23.2 Å². The second kappa shape index (κ2) is 8.34. The van der Waals surface area contributed by atoms with Gasteiger partial charge in [0.2, 0.25) is 0 Å². The molecule has 2 rings (SSSR count). The van der Waals surface area contributed by atoms with Crippen molar-refractivity contribution in [3.8, 4) is 0 Å². The third-order valence-electron chi connectivity index (χ3n) is 3.11. The number of hydrogen-bond acceptors (Lipinski definition) is 4. The summed E-state index contributed by atoms with van der Waals surface area (Å²) in [7, 11) is 0. The van der Waals surface area contributed by atoms with Crippen molar-refractivity contribution in [2.45, 2.75) is 0 Å². The molecular formula is C17H12ClF2NO4. The van der Waals surface area contributed by atoms with E-state index in [0.717, 1.165) is 12.1 Å². The first-order chi connectivity index (χ1) is 11.9. The number of carbonyl (C=O) groups excluding carboxylic acids is 3. The van der Waals surface area contributed by atoms with E-state index in [1.807, 2.05) is 0 Å². The molecular weight excluding hydrogens is 356 g/mol. The third kappa shape index (κ3) is 5.36. The predicted molar refractivity (Wildman–Crippen MR) is 85.4 cm³/mol. The van der Waals surface area contributed by atoms with Crippen LogP contribution in [0, 0.1) is 11.6 Å². The normalized spacial score (nSPS) is 10.2. The minimum absolute atomic E-state index is 0.128. The summed E-state index contributed by atoms with van der Waals surface area (Å²) >= 11 is 5.70. The van der Waals surface area contributed by atoms with Crippen molar-refractivity contribution in [3.63, 3.8) is 0 Å². The molecule has 5 nitrogen and oxygen atoms in total. The number of carbonyl (C=O) groups is 3. The number of ketones is 1. The number of amides is 1. The molecule has 1 amide bonds. The number of nitrogens with one attached hydrogen (secondary N) is 1. The fourth-order valence-corrected chi connectivity index (χ4v) is 1.93. The molecule has 0 saturated heterocycles. The Morgan fingerprint density at radius 2 is 1.60 bits per heavy atom. The van der Waals surface area contributed by atoms with Crippen LogP contribution >= 0.6 is 11.6 Å². The molecule has 0 aromatic heterocycles. The Bertz CT molecular complexity index is 809. The van der Waals surface area contributed by atoms with Gasteiger partial charge in [-0.25, -0.2) is 8.78 Å². The SMILES string of the molecule is O=C(CNC(=O)c1ccc(Cl)cc1)OCC(=O)c1ccc(F)c(F)c1. The molecule has 0 atom stereocenters. The Balaban J connectivity index is 1.80. The highest BCUT2D eigenvalue weighted by molar-refractivity contribution is 6.30. The van der Waals surface area contributed by atoms with Gasteiger partial charge in [0.1, 0.15) is 6.54 Å². The molecule has 0 fully saturated rings. The zero-order chi connectivity index (χ0) is 18.4. The summed E-state index contributed by atoms with van der Waals surface area (Å²) in [5.41, 5.74) is 0.173. The fourth-order valence-electron chi connectivity index (χ4n) is 1.81. The van der Waals surface area contributed by atoms with Crippen LogP contribution in [-0.2, 0) is 9.53 Å². The number of halogens is 3. The van der Waals surface area contributed by atoms with Crippen LogP contribution < -0.4 is 5.32 Å². The van der Waals surface area contributed by atoms with Gasteiger partial charge in [0.05, 0.1) is 0 Å². The number of rotatable bonds is 6. The highest BCUT2D eigenvalue weighted by Crippen LogP contribution is 2.10. The lowest BCUT2D eigenvalue weighted by molar-refractivity contribution is -0.141. The summed E-state index contributed by atoms with van der Waals surface area (Å²) in [5.74, 6) is -4.32. The van der Waals surface area contributed by atoms with Gasteiger partial charge in [-0.15, -0.1) is 0 Å². The second-order valence-electron chi connectivity index (χ2n) is 4.90. The summed E-state index contributed by atoms with van der Waals surface area (Å²) in [6.07, 6.45) is 0. The Morgan fingerprint density at radius 3 is 2.24 bits per heavy atom. The molecule has 0 radical (unpaired) electrons. The molecule has 0 aliphatic heterocycles. The van der Waals surface area contributed by atoms with Crippen molar-refractivity contribution in [1.29, 1.82) is 0 Å². The van der Waals surface area contributed by atoms with Gasteiger partial charge in [-0.1, -0.05) is 11.6 Å². The van der Waals surface area contributed by atoms with Crippen molar-refractivity contribution in [1.82, 2.24) is 5.32 Å². The van der Waals surface area contributed by atoms with Crippen molar-refractivity contribution >= 4 is 29.3 Å². The lowest BCUT2D eigenvalue weighted by Crippen LogP contribution is -2.31. The standard InChI is InChI=1S/C17H12ClF2NO4/c18-12-4-1-10(2-5-12)17(24)21-8-16(23)25-9-15(22)11-3-6-13(19)14(20)7-11/h1-7H,8-9H2,(H,21,24). The van der Waals surface area contributed by atoms with Crippen LogP contribution in [0.3, 0.4) is 0 Å². The Morgan fingerprint density at radius 1 is 0.960 bits per heavy atom. The Hall–Kier alpha value is -2.80. The van der Waals surface area contributed by atoms with E-state index < -0.39 is 42.4 Å². The van der Waals surface area contributed by atoms with Gasteiger partial charge < -0.3 is 10.1 Å². The van der Waals surface area contributed by atoms with Gasteiger partial charge >= 0.3 is 5.97 Å². The third-order valence-corrected chi connectivity index (χ3v) is 3.36. The first-order valence-corrected chi connectivity index (χ1v) is 7.42. The van der Waals surface area contributed by atoms with Gasteiger partial charge in [0.25, 0.3) is 5.91 Å². The highest BCUT2D eigenvalue weighted by atomic mass is 35.5. The van der Waals surface area contributed by atoms with Crippen molar-refractivity contribution < 1.29 is 27.9 Å². The largest absolute Gasteiger partial charge is 0.456 e. The molecule has 8 heteroatoms. The second-order valence-corrected chi connectivity index (χ2v) is 5.34. The number of Topliss-reactive ketones (excluding diaryl/α,β-unsaturated/α-hetero) is 1. The average molecular weight is 368 g/mol. The van der Waals surface area contributed by atoms with Crippen molar-refractivity contribution in [2.24, 2.45) is 0 Å². The zero-order valence-electron chi connectivity index (χ0n) is 12.7. The summed E-state index contributed by atoms with van der Waals surface area (Å²) in [6.45, 7) is -1.10. The van der Waals surface area contributed by atoms with Crippen LogP contribution in [0.15, 0.2) is 42.5 Å². The van der Waals surface area contributed by atoms with E-state index in [4.69, 9.17) is 16.3 Å². The summed E-state index contributed by atoms with van der Waals surface area (Å²) in [5, 5.41) is 2.79. The molecule has 0 spiro atoms. The molecule has 0 saturated carbocycles. The van der Waals surface area contributed by atoms with Crippen molar-refractivity contribution in [2.75, 3.05) is 13.2 Å². The van der Waals surface area contributed by atoms with Gasteiger partial charge in [-0.05, 0) is 42.5 Å². The summed E-state index contributed by atoms with van der Waals surface area (Å²) in [6, 6.07) is 8.61. The summed E-state index contributed by atoms with van der Waals surface area (Å²) in [4.78, 5) is 35.1. The van der Waals surface area contributed by atoms with Crippen LogP contribution in [0.5, 0.6) is 0 Å². The molecule has 25 heavy (non-hydrogen) atoms. The number of ether oxygens (including phenoxy) is 1. The topological polar surface area (TPSA) is 72.5 Å². The Kier molecular flexibility index (Phi) is 6.19. The van der Waals surface area contributed by atoms with Crippen LogP contribution in [0.25, 0.3) is 0 Å². The van der Waals surface area contributed by atoms with E-state index in [0.29, 0.717) is 16.7 Å². The van der Waals surface area contributed by atoms with Crippen LogP contribution in [0.1, 0.15) is 20.7 Å². The maximum absolute atomic E-state index is 13.0. The lowest BCUT2D eigenvalue weighted by atomic mass is 10.1. The minimum Gasteiger partial charge on any atom is -0.456 e. The molecule has 2 aromatic rings. The first-order valence-electron chi connectivity index (χ1n) is 7.04. The predicted octanol–water partition coefficient (Wildman–Crippen LogP) is 2.77. The molecule has 0 bridgehead atoms. The van der Waals surface area contributed by atoms with Gasteiger partial charge in [-0.3, -0.25) is 14.4 Å². The molecule has 0 aliphatic carbocycles. The van der Waals surface area contributed by atoms with E-state index in [2.05, 4.69) is 5.32 Å². The van der Waals surface area contributed by atoms with Gasteiger partial charge in [0, 0.05) is 16.1 Å². The quantitative estimate of drug-likeness (QED) is 0.629. The minimum atomic E-state index is -1.17. The van der Waals surface area contributed by atoms with E-state index >= 15 is 0 Å². The van der Waals surface area contributed by atoms with Gasteiger partial charge in [-0.2, -0.15) is 0 Å². The maximum Gasteiger partial charge on any atom is 0.325 e. The first kappa shape index (κ1) is 18.5. The monoisotopic (exact) mass is 367 g/mol.